The van der Waals surface area contributed by atoms with Gasteiger partial charge in [0.05, 0.1) is 24.3 Å². The van der Waals surface area contributed by atoms with Gasteiger partial charge in [0.1, 0.15) is 6.54 Å². The van der Waals surface area contributed by atoms with E-state index in [0.717, 1.165) is 34.4 Å². The molecule has 0 radical (unpaired) electrons. The van der Waals surface area contributed by atoms with E-state index in [1.807, 2.05) is 21.6 Å². The number of amides is 1. The third-order valence-electron chi connectivity index (χ3n) is 4.83. The quantitative estimate of drug-likeness (QED) is 0.647. The Morgan fingerprint density at radius 1 is 1.12 bits per heavy atom. The number of fused-ring (bicyclic) bond motifs is 1. The lowest BCUT2D eigenvalue weighted by Gasteiger charge is -2.28. The molecule has 0 N–H and O–H groups in total. The average Bonchev–Trinajstić information content (AvgIpc) is 3.03. The number of hydrogen-bond donors (Lipinski definition) is 0. The normalized spacial score (nSPS) is 13.8. The summed E-state index contributed by atoms with van der Waals surface area (Å²) < 4.78 is 3.00. The van der Waals surface area contributed by atoms with Gasteiger partial charge in [-0.15, -0.1) is 0 Å². The van der Waals surface area contributed by atoms with Crippen LogP contribution in [0.5, 0.6) is 0 Å². The number of carbonyl (C=O) groups is 1. The molecule has 0 fully saturated rings. The van der Waals surface area contributed by atoms with Crippen LogP contribution in [0.3, 0.4) is 0 Å². The summed E-state index contributed by atoms with van der Waals surface area (Å²) in [6.45, 7) is 3.78. The van der Waals surface area contributed by atoms with Crippen molar-refractivity contribution in [3.8, 4) is 11.3 Å². The topological polar surface area (TPSA) is 38.1 Å². The van der Waals surface area contributed by atoms with E-state index < -0.39 is 0 Å². The smallest absolute Gasteiger partial charge is 0.242 e. The van der Waals surface area contributed by atoms with Gasteiger partial charge in [0.2, 0.25) is 5.91 Å². The van der Waals surface area contributed by atoms with Crippen LogP contribution in [-0.2, 0) is 24.3 Å². The summed E-state index contributed by atoms with van der Waals surface area (Å²) in [5.74, 6) is 0.155. The number of benzene rings is 2. The Morgan fingerprint density at radius 3 is 2.69 bits per heavy atom. The highest BCUT2D eigenvalue weighted by atomic mass is 79.9. The summed E-state index contributed by atoms with van der Waals surface area (Å²) in [6.07, 6.45) is 2.65. The summed E-state index contributed by atoms with van der Waals surface area (Å²) in [6, 6.07) is 16.7. The Labute approximate surface area is 161 Å². The molecule has 0 atom stereocenters. The summed E-state index contributed by atoms with van der Waals surface area (Å²) >= 11 is 3.52. The summed E-state index contributed by atoms with van der Waals surface area (Å²) in [5, 5.41) is 0. The second-order valence-electron chi connectivity index (χ2n) is 6.73. The molecule has 4 rings (SSSR count). The van der Waals surface area contributed by atoms with Gasteiger partial charge < -0.3 is 9.47 Å². The first kappa shape index (κ1) is 17.0. The van der Waals surface area contributed by atoms with Crippen LogP contribution in [0.1, 0.15) is 16.8 Å². The van der Waals surface area contributed by atoms with Crippen LogP contribution in [0.25, 0.3) is 11.3 Å². The van der Waals surface area contributed by atoms with Crippen molar-refractivity contribution in [1.29, 1.82) is 0 Å². The van der Waals surface area contributed by atoms with Crippen molar-refractivity contribution in [3.05, 3.63) is 76.2 Å². The predicted molar refractivity (Wildman–Crippen MR) is 106 cm³/mol. The second-order valence-corrected chi connectivity index (χ2v) is 7.64. The van der Waals surface area contributed by atoms with Crippen molar-refractivity contribution in [2.75, 3.05) is 6.54 Å². The highest BCUT2D eigenvalue weighted by molar-refractivity contribution is 9.10. The lowest BCUT2D eigenvalue weighted by atomic mass is 10.1. The van der Waals surface area contributed by atoms with Gasteiger partial charge in [-0.1, -0.05) is 57.9 Å². The van der Waals surface area contributed by atoms with Crippen molar-refractivity contribution in [2.24, 2.45) is 0 Å². The Hall–Kier alpha value is -2.40. The second kappa shape index (κ2) is 7.08. The van der Waals surface area contributed by atoms with Gasteiger partial charge >= 0.3 is 0 Å². The zero-order chi connectivity index (χ0) is 18.1. The maximum atomic E-state index is 12.5. The van der Waals surface area contributed by atoms with Gasteiger partial charge in [-0.25, -0.2) is 4.98 Å². The van der Waals surface area contributed by atoms with Crippen LogP contribution in [0.4, 0.5) is 0 Å². The third-order valence-corrected chi connectivity index (χ3v) is 5.33. The van der Waals surface area contributed by atoms with E-state index >= 15 is 0 Å². The van der Waals surface area contributed by atoms with Crippen molar-refractivity contribution in [2.45, 2.75) is 26.4 Å². The molecule has 1 aliphatic rings. The fourth-order valence-corrected chi connectivity index (χ4v) is 3.72. The number of aromatic nitrogens is 2. The first-order valence-electron chi connectivity index (χ1n) is 8.73. The number of halogens is 1. The molecule has 0 bridgehead atoms. The number of aryl methyl sites for hydroxylation is 1. The van der Waals surface area contributed by atoms with E-state index in [1.54, 1.807) is 6.33 Å². The molecular formula is C21H20BrN3O. The standard InChI is InChI=1S/C21H20BrN3O/c1-15-5-7-16(8-6-15)9-10-24-12-19-21(17-3-2-4-18(22)11-17)23-14-25(19)13-20(24)26/h2-8,11,14H,9-10,12-13H2,1H3. The molecule has 0 aliphatic carbocycles. The van der Waals surface area contributed by atoms with Gasteiger partial charge in [-0.3, -0.25) is 4.79 Å². The lowest BCUT2D eigenvalue weighted by Crippen LogP contribution is -2.40. The number of carbonyl (C=O) groups excluding carboxylic acids is 1. The largest absolute Gasteiger partial charge is 0.335 e. The first-order valence-corrected chi connectivity index (χ1v) is 9.53. The van der Waals surface area contributed by atoms with E-state index in [1.165, 1.54) is 11.1 Å². The van der Waals surface area contributed by atoms with E-state index in [0.29, 0.717) is 13.1 Å². The number of hydrogen-bond acceptors (Lipinski definition) is 2. The van der Waals surface area contributed by atoms with E-state index in [9.17, 15) is 4.79 Å². The van der Waals surface area contributed by atoms with Crippen LogP contribution < -0.4 is 0 Å². The minimum atomic E-state index is 0.155. The Kier molecular flexibility index (Phi) is 4.64. The molecule has 2 heterocycles. The highest BCUT2D eigenvalue weighted by Gasteiger charge is 2.26. The molecule has 1 aromatic heterocycles. The third kappa shape index (κ3) is 3.44. The van der Waals surface area contributed by atoms with E-state index in [2.05, 4.69) is 64.2 Å². The van der Waals surface area contributed by atoms with Crippen LogP contribution in [0.2, 0.25) is 0 Å². The maximum absolute atomic E-state index is 12.5. The summed E-state index contributed by atoms with van der Waals surface area (Å²) in [5.41, 5.74) is 5.65. The van der Waals surface area contributed by atoms with Crippen LogP contribution in [0, 0.1) is 6.92 Å². The summed E-state index contributed by atoms with van der Waals surface area (Å²) in [7, 11) is 0. The van der Waals surface area contributed by atoms with E-state index in [-0.39, 0.29) is 5.91 Å². The monoisotopic (exact) mass is 409 g/mol. The van der Waals surface area contributed by atoms with Gasteiger partial charge in [-0.2, -0.15) is 0 Å². The molecule has 4 nitrogen and oxygen atoms in total. The molecule has 0 saturated carbocycles. The van der Waals surface area contributed by atoms with Gasteiger partial charge in [0, 0.05) is 16.6 Å². The molecule has 132 valence electrons. The molecule has 3 aromatic rings. The van der Waals surface area contributed by atoms with Crippen molar-refractivity contribution < 1.29 is 4.79 Å². The van der Waals surface area contributed by atoms with Crippen LogP contribution in [0.15, 0.2) is 59.3 Å². The number of rotatable bonds is 4. The molecule has 26 heavy (non-hydrogen) atoms. The minimum Gasteiger partial charge on any atom is -0.335 e. The van der Waals surface area contributed by atoms with Gasteiger partial charge in [0.15, 0.2) is 0 Å². The minimum absolute atomic E-state index is 0.155. The molecule has 1 amide bonds. The zero-order valence-corrected chi connectivity index (χ0v) is 16.2. The van der Waals surface area contributed by atoms with E-state index in [4.69, 9.17) is 0 Å². The highest BCUT2D eigenvalue weighted by Crippen LogP contribution is 2.28. The van der Waals surface area contributed by atoms with Gasteiger partial charge in [-0.05, 0) is 31.0 Å². The molecule has 0 unspecified atom stereocenters. The lowest BCUT2D eigenvalue weighted by molar-refractivity contribution is -0.134. The molecule has 0 saturated heterocycles. The predicted octanol–water partition coefficient (Wildman–Crippen LogP) is 4.21. The Bertz CT molecular complexity index is 946. The zero-order valence-electron chi connectivity index (χ0n) is 14.7. The SMILES string of the molecule is Cc1ccc(CCN2Cc3c(-c4cccc(Br)c4)ncn3CC2=O)cc1. The molecule has 1 aliphatic heterocycles. The summed E-state index contributed by atoms with van der Waals surface area (Å²) in [4.78, 5) is 19.0. The van der Waals surface area contributed by atoms with Crippen LogP contribution in [-0.4, -0.2) is 26.9 Å². The number of imidazole rings is 1. The van der Waals surface area contributed by atoms with Crippen molar-refractivity contribution >= 4 is 21.8 Å². The fourth-order valence-electron chi connectivity index (χ4n) is 3.32. The van der Waals surface area contributed by atoms with Crippen LogP contribution >= 0.6 is 15.9 Å². The Morgan fingerprint density at radius 2 is 1.92 bits per heavy atom. The number of nitrogens with zero attached hydrogens (tertiary/aromatic N) is 3. The average molecular weight is 410 g/mol. The van der Waals surface area contributed by atoms with Crippen molar-refractivity contribution in [1.82, 2.24) is 14.5 Å². The molecule has 5 heteroatoms. The fraction of sp³-hybridized carbons (Fsp3) is 0.238. The molecular weight excluding hydrogens is 390 g/mol. The Balaban J connectivity index is 1.54. The molecule has 0 spiro atoms. The van der Waals surface area contributed by atoms with Gasteiger partial charge in [0.25, 0.3) is 0 Å². The van der Waals surface area contributed by atoms with Crippen molar-refractivity contribution in [3.63, 3.8) is 0 Å². The first-order chi connectivity index (χ1) is 12.6. The molecule has 2 aromatic carbocycles. The maximum Gasteiger partial charge on any atom is 0.242 e.